The SMILES string of the molecule is CN(Cc1cccc(C(=N)N)c1F)C1CCSC1. The van der Waals surface area contributed by atoms with Crippen molar-refractivity contribution in [3.63, 3.8) is 0 Å². The number of rotatable bonds is 4. The van der Waals surface area contributed by atoms with E-state index in [-0.39, 0.29) is 17.2 Å². The smallest absolute Gasteiger partial charge is 0.138 e. The van der Waals surface area contributed by atoms with Gasteiger partial charge >= 0.3 is 0 Å². The molecule has 98 valence electrons. The predicted octanol–water partition coefficient (Wildman–Crippen LogP) is 2.05. The van der Waals surface area contributed by atoms with E-state index in [1.165, 1.54) is 5.75 Å². The van der Waals surface area contributed by atoms with Crippen molar-refractivity contribution in [2.24, 2.45) is 5.73 Å². The molecule has 0 aromatic heterocycles. The molecular formula is C13H18FN3S. The lowest BCUT2D eigenvalue weighted by Crippen LogP contribution is -2.31. The van der Waals surface area contributed by atoms with Crippen LogP contribution in [0.2, 0.25) is 0 Å². The summed E-state index contributed by atoms with van der Waals surface area (Å²) in [5.41, 5.74) is 6.17. The molecule has 1 aromatic rings. The van der Waals surface area contributed by atoms with Crippen LogP contribution >= 0.6 is 11.8 Å². The number of amidine groups is 1. The van der Waals surface area contributed by atoms with Crippen LogP contribution in [-0.2, 0) is 6.54 Å². The average Bonchev–Trinajstić information content (AvgIpc) is 2.85. The lowest BCUT2D eigenvalue weighted by Gasteiger charge is -2.24. The summed E-state index contributed by atoms with van der Waals surface area (Å²) in [6.07, 6.45) is 1.16. The van der Waals surface area contributed by atoms with Crippen molar-refractivity contribution in [1.29, 1.82) is 5.41 Å². The van der Waals surface area contributed by atoms with Gasteiger partial charge in [0.2, 0.25) is 0 Å². The zero-order chi connectivity index (χ0) is 13.1. The third kappa shape index (κ3) is 2.84. The Bertz CT molecular complexity index is 444. The quantitative estimate of drug-likeness (QED) is 0.648. The van der Waals surface area contributed by atoms with Gasteiger partial charge in [0.1, 0.15) is 11.7 Å². The van der Waals surface area contributed by atoms with E-state index in [9.17, 15) is 4.39 Å². The molecule has 5 heteroatoms. The van der Waals surface area contributed by atoms with Crippen LogP contribution in [0.25, 0.3) is 0 Å². The second-order valence-corrected chi connectivity index (χ2v) is 5.77. The van der Waals surface area contributed by atoms with E-state index >= 15 is 0 Å². The van der Waals surface area contributed by atoms with Gasteiger partial charge in [0.05, 0.1) is 5.56 Å². The van der Waals surface area contributed by atoms with Crippen LogP contribution in [0, 0.1) is 11.2 Å². The van der Waals surface area contributed by atoms with E-state index in [0.29, 0.717) is 18.2 Å². The third-order valence-corrected chi connectivity index (χ3v) is 4.46. The highest BCUT2D eigenvalue weighted by molar-refractivity contribution is 7.99. The van der Waals surface area contributed by atoms with Gasteiger partial charge < -0.3 is 5.73 Å². The fourth-order valence-corrected chi connectivity index (χ4v) is 3.48. The molecule has 1 aliphatic rings. The molecule has 2 rings (SSSR count). The Morgan fingerprint density at radius 1 is 1.61 bits per heavy atom. The highest BCUT2D eigenvalue weighted by atomic mass is 32.2. The fourth-order valence-electron chi connectivity index (χ4n) is 2.18. The molecule has 1 aliphatic heterocycles. The minimum atomic E-state index is -0.359. The second-order valence-electron chi connectivity index (χ2n) is 4.62. The first kappa shape index (κ1) is 13.4. The number of nitrogens with two attached hydrogens (primary N) is 1. The molecule has 0 spiro atoms. The van der Waals surface area contributed by atoms with Crippen molar-refractivity contribution in [2.75, 3.05) is 18.6 Å². The zero-order valence-corrected chi connectivity index (χ0v) is 11.3. The van der Waals surface area contributed by atoms with Gasteiger partial charge in [0, 0.05) is 23.9 Å². The highest BCUT2D eigenvalue weighted by Gasteiger charge is 2.21. The molecule has 1 atom stereocenters. The second kappa shape index (κ2) is 5.71. The summed E-state index contributed by atoms with van der Waals surface area (Å²) in [4.78, 5) is 2.18. The van der Waals surface area contributed by atoms with Crippen molar-refractivity contribution >= 4 is 17.6 Å². The highest BCUT2D eigenvalue weighted by Crippen LogP contribution is 2.23. The minimum absolute atomic E-state index is 0.196. The summed E-state index contributed by atoms with van der Waals surface area (Å²) in [6, 6.07) is 5.59. The molecule has 1 saturated heterocycles. The van der Waals surface area contributed by atoms with Crippen LogP contribution in [0.4, 0.5) is 4.39 Å². The minimum Gasteiger partial charge on any atom is -0.384 e. The van der Waals surface area contributed by atoms with Gasteiger partial charge in [-0.05, 0) is 25.3 Å². The molecule has 0 amide bonds. The standard InChI is InChI=1S/C13H18FN3S/c1-17(10-5-6-18-8-10)7-9-3-2-4-11(12(9)14)13(15)16/h2-4,10H,5-8H2,1H3,(H3,15,16). The summed E-state index contributed by atoms with van der Waals surface area (Å²) in [7, 11) is 2.02. The van der Waals surface area contributed by atoms with Crippen LogP contribution in [0.1, 0.15) is 17.5 Å². The maximum atomic E-state index is 14.1. The fraction of sp³-hybridized carbons (Fsp3) is 0.462. The van der Waals surface area contributed by atoms with Crippen LogP contribution in [0.5, 0.6) is 0 Å². The molecule has 0 aliphatic carbocycles. The van der Waals surface area contributed by atoms with Gasteiger partial charge in [-0.25, -0.2) is 4.39 Å². The zero-order valence-electron chi connectivity index (χ0n) is 10.4. The largest absolute Gasteiger partial charge is 0.384 e. The van der Waals surface area contributed by atoms with E-state index in [4.69, 9.17) is 11.1 Å². The number of nitrogen functional groups attached to an aromatic ring is 1. The van der Waals surface area contributed by atoms with Crippen molar-refractivity contribution in [3.05, 3.63) is 35.1 Å². The first-order valence-corrected chi connectivity index (χ1v) is 7.15. The Kier molecular flexibility index (Phi) is 4.24. The van der Waals surface area contributed by atoms with E-state index in [1.54, 1.807) is 18.2 Å². The lowest BCUT2D eigenvalue weighted by molar-refractivity contribution is 0.251. The van der Waals surface area contributed by atoms with Crippen molar-refractivity contribution in [1.82, 2.24) is 4.90 Å². The predicted molar refractivity (Wildman–Crippen MR) is 74.6 cm³/mol. The topological polar surface area (TPSA) is 53.1 Å². The van der Waals surface area contributed by atoms with E-state index in [1.807, 2.05) is 18.8 Å². The molecular weight excluding hydrogens is 249 g/mol. The monoisotopic (exact) mass is 267 g/mol. The Labute approximate surface area is 111 Å². The summed E-state index contributed by atoms with van der Waals surface area (Å²) in [5.74, 6) is 1.73. The Hall–Kier alpha value is -1.07. The maximum Gasteiger partial charge on any atom is 0.138 e. The Balaban J connectivity index is 2.13. The number of halogens is 1. The molecule has 3 N–H and O–H groups in total. The molecule has 1 aromatic carbocycles. The van der Waals surface area contributed by atoms with Crippen molar-refractivity contribution < 1.29 is 4.39 Å². The van der Waals surface area contributed by atoms with Gasteiger partial charge in [-0.15, -0.1) is 0 Å². The average molecular weight is 267 g/mol. The van der Waals surface area contributed by atoms with Crippen LogP contribution in [-0.4, -0.2) is 35.3 Å². The Morgan fingerprint density at radius 3 is 3.00 bits per heavy atom. The number of nitrogens with zero attached hydrogens (tertiary/aromatic N) is 1. The summed E-state index contributed by atoms with van der Waals surface area (Å²) < 4.78 is 14.1. The number of benzene rings is 1. The van der Waals surface area contributed by atoms with Crippen LogP contribution < -0.4 is 5.73 Å². The van der Waals surface area contributed by atoms with E-state index in [0.717, 1.165) is 12.2 Å². The first-order valence-electron chi connectivity index (χ1n) is 5.99. The number of hydrogen-bond donors (Lipinski definition) is 2. The molecule has 0 bridgehead atoms. The Morgan fingerprint density at radius 2 is 2.39 bits per heavy atom. The molecule has 1 unspecified atom stereocenters. The van der Waals surface area contributed by atoms with E-state index < -0.39 is 0 Å². The molecule has 1 fully saturated rings. The van der Waals surface area contributed by atoms with Crippen molar-refractivity contribution in [2.45, 2.75) is 19.0 Å². The molecule has 1 heterocycles. The molecule has 0 saturated carbocycles. The third-order valence-electron chi connectivity index (χ3n) is 3.32. The van der Waals surface area contributed by atoms with Crippen LogP contribution in [0.3, 0.4) is 0 Å². The van der Waals surface area contributed by atoms with Gasteiger partial charge in [-0.3, -0.25) is 10.3 Å². The molecule has 3 nitrogen and oxygen atoms in total. The number of hydrogen-bond acceptors (Lipinski definition) is 3. The summed E-state index contributed by atoms with van der Waals surface area (Å²) in [6.45, 7) is 0.568. The van der Waals surface area contributed by atoms with Crippen molar-refractivity contribution in [3.8, 4) is 0 Å². The van der Waals surface area contributed by atoms with Gasteiger partial charge in [0.15, 0.2) is 0 Å². The summed E-state index contributed by atoms with van der Waals surface area (Å²) >= 11 is 1.94. The molecule has 18 heavy (non-hydrogen) atoms. The van der Waals surface area contributed by atoms with E-state index in [2.05, 4.69) is 4.90 Å². The lowest BCUT2D eigenvalue weighted by atomic mass is 10.1. The molecule has 0 radical (unpaired) electrons. The number of nitrogens with one attached hydrogen (secondary N) is 1. The van der Waals surface area contributed by atoms with Gasteiger partial charge in [-0.2, -0.15) is 11.8 Å². The summed E-state index contributed by atoms with van der Waals surface area (Å²) in [5, 5.41) is 7.34. The maximum absolute atomic E-state index is 14.1. The van der Waals surface area contributed by atoms with Gasteiger partial charge in [0.25, 0.3) is 0 Å². The normalized spacial score (nSPS) is 19.4. The van der Waals surface area contributed by atoms with Crippen LogP contribution in [0.15, 0.2) is 18.2 Å². The number of thioether (sulfide) groups is 1. The van der Waals surface area contributed by atoms with Gasteiger partial charge in [-0.1, -0.05) is 12.1 Å². The first-order chi connectivity index (χ1) is 8.59.